The highest BCUT2D eigenvalue weighted by atomic mass is 32.1. The van der Waals surface area contributed by atoms with E-state index in [4.69, 9.17) is 0 Å². The highest BCUT2D eigenvalue weighted by molar-refractivity contribution is 7.14. The Morgan fingerprint density at radius 1 is 1.21 bits per heavy atom. The van der Waals surface area contributed by atoms with Crippen molar-refractivity contribution in [2.45, 2.75) is 32.6 Å². The van der Waals surface area contributed by atoms with Crippen LogP contribution in [0.25, 0.3) is 0 Å². The molecule has 0 fully saturated rings. The van der Waals surface area contributed by atoms with E-state index >= 15 is 0 Å². The van der Waals surface area contributed by atoms with Gasteiger partial charge in [-0.05, 0) is 30.7 Å². The Morgan fingerprint density at radius 3 is 2.67 bits per heavy atom. The maximum absolute atomic E-state index is 12.9. The van der Waals surface area contributed by atoms with E-state index in [9.17, 15) is 14.0 Å². The molecule has 0 atom stereocenters. The molecular weight excluding hydrogens is 329 g/mol. The van der Waals surface area contributed by atoms with Crippen molar-refractivity contribution in [2.75, 3.05) is 11.9 Å². The van der Waals surface area contributed by atoms with Gasteiger partial charge in [0.25, 0.3) is 5.91 Å². The van der Waals surface area contributed by atoms with Crippen molar-refractivity contribution in [1.82, 2.24) is 10.3 Å². The summed E-state index contributed by atoms with van der Waals surface area (Å²) in [5.74, 6) is -0.833. The average Bonchev–Trinajstić information content (AvgIpc) is 2.99. The number of unbranched alkanes of at least 4 members (excludes halogenated alkanes) is 2. The van der Waals surface area contributed by atoms with Gasteiger partial charge in [-0.1, -0.05) is 19.8 Å². The number of rotatable bonds is 8. The zero-order valence-electron chi connectivity index (χ0n) is 13.5. The summed E-state index contributed by atoms with van der Waals surface area (Å²) in [4.78, 5) is 28.0. The number of thiazole rings is 1. The summed E-state index contributed by atoms with van der Waals surface area (Å²) in [6, 6.07) is 5.27. The van der Waals surface area contributed by atoms with E-state index in [1.54, 1.807) is 5.38 Å². The van der Waals surface area contributed by atoms with E-state index in [2.05, 4.69) is 22.5 Å². The molecule has 0 bridgehead atoms. The molecule has 0 spiro atoms. The molecule has 24 heavy (non-hydrogen) atoms. The number of aromatic nitrogens is 1. The molecule has 1 heterocycles. The Morgan fingerprint density at radius 2 is 1.96 bits per heavy atom. The van der Waals surface area contributed by atoms with Gasteiger partial charge in [0, 0.05) is 17.5 Å². The van der Waals surface area contributed by atoms with Crippen LogP contribution in [0.5, 0.6) is 0 Å². The molecule has 0 unspecified atom stereocenters. The lowest BCUT2D eigenvalue weighted by molar-refractivity contribution is -0.120. The standard InChI is InChI=1S/C17H20FN3O2S/c1-2-3-4-9-19-15(22)10-14-11-24-17(20-14)21-16(23)12-5-7-13(18)8-6-12/h5-8,11H,2-4,9-10H2,1H3,(H,19,22)(H,20,21,23). The predicted molar refractivity (Wildman–Crippen MR) is 92.7 cm³/mol. The molecule has 128 valence electrons. The maximum Gasteiger partial charge on any atom is 0.257 e. The van der Waals surface area contributed by atoms with Crippen LogP contribution in [0.4, 0.5) is 9.52 Å². The van der Waals surface area contributed by atoms with Crippen LogP contribution >= 0.6 is 11.3 Å². The summed E-state index contributed by atoms with van der Waals surface area (Å²) in [6.45, 7) is 2.78. The first-order valence-electron chi connectivity index (χ1n) is 7.86. The normalized spacial score (nSPS) is 10.4. The second-order valence-corrected chi connectivity index (χ2v) is 6.20. The van der Waals surface area contributed by atoms with Gasteiger partial charge in [-0.25, -0.2) is 9.37 Å². The lowest BCUT2D eigenvalue weighted by atomic mass is 10.2. The van der Waals surface area contributed by atoms with Gasteiger partial charge in [-0.3, -0.25) is 14.9 Å². The summed E-state index contributed by atoms with van der Waals surface area (Å²) in [6.07, 6.45) is 3.36. The zero-order chi connectivity index (χ0) is 17.4. The summed E-state index contributed by atoms with van der Waals surface area (Å²) >= 11 is 1.25. The van der Waals surface area contributed by atoms with E-state index in [0.29, 0.717) is 22.9 Å². The molecule has 0 aliphatic carbocycles. The minimum absolute atomic E-state index is 0.0761. The molecule has 1 aromatic carbocycles. The van der Waals surface area contributed by atoms with Crippen LogP contribution in [0.3, 0.4) is 0 Å². The van der Waals surface area contributed by atoms with Crippen LogP contribution in [0.1, 0.15) is 42.2 Å². The van der Waals surface area contributed by atoms with Crippen molar-refractivity contribution in [1.29, 1.82) is 0 Å². The van der Waals surface area contributed by atoms with Gasteiger partial charge in [-0.2, -0.15) is 0 Å². The van der Waals surface area contributed by atoms with Crippen molar-refractivity contribution in [3.05, 3.63) is 46.7 Å². The minimum Gasteiger partial charge on any atom is -0.356 e. The molecule has 2 N–H and O–H groups in total. The molecule has 0 radical (unpaired) electrons. The Hall–Kier alpha value is -2.28. The second kappa shape index (κ2) is 9.12. The number of hydrogen-bond donors (Lipinski definition) is 2. The number of amides is 2. The summed E-state index contributed by atoms with van der Waals surface area (Å²) in [5.41, 5.74) is 0.962. The lowest BCUT2D eigenvalue weighted by Crippen LogP contribution is -2.26. The number of anilines is 1. The fourth-order valence-electron chi connectivity index (χ4n) is 2.05. The van der Waals surface area contributed by atoms with E-state index < -0.39 is 5.82 Å². The van der Waals surface area contributed by atoms with Gasteiger partial charge in [0.05, 0.1) is 12.1 Å². The average molecular weight is 349 g/mol. The third-order valence-electron chi connectivity index (χ3n) is 3.32. The van der Waals surface area contributed by atoms with Gasteiger partial charge in [0.15, 0.2) is 5.13 Å². The number of nitrogens with one attached hydrogen (secondary N) is 2. The number of halogens is 1. The van der Waals surface area contributed by atoms with E-state index in [1.165, 1.54) is 35.6 Å². The smallest absolute Gasteiger partial charge is 0.257 e. The summed E-state index contributed by atoms with van der Waals surface area (Å²) < 4.78 is 12.9. The number of hydrogen-bond acceptors (Lipinski definition) is 4. The van der Waals surface area contributed by atoms with Crippen LogP contribution in [0, 0.1) is 5.82 Å². The summed E-state index contributed by atoms with van der Waals surface area (Å²) in [5, 5.41) is 7.65. The van der Waals surface area contributed by atoms with Crippen LogP contribution in [-0.4, -0.2) is 23.3 Å². The number of benzene rings is 1. The minimum atomic E-state index is -0.395. The molecular formula is C17H20FN3O2S. The van der Waals surface area contributed by atoms with Gasteiger partial charge in [0.1, 0.15) is 5.82 Å². The molecule has 5 nitrogen and oxygen atoms in total. The molecule has 2 aromatic rings. The number of nitrogens with zero attached hydrogens (tertiary/aromatic N) is 1. The SMILES string of the molecule is CCCCCNC(=O)Cc1csc(NC(=O)c2ccc(F)cc2)n1. The first-order valence-corrected chi connectivity index (χ1v) is 8.74. The Balaban J connectivity index is 1.83. The topological polar surface area (TPSA) is 71.1 Å². The van der Waals surface area contributed by atoms with Crippen LogP contribution < -0.4 is 10.6 Å². The first kappa shape index (κ1) is 18.1. The largest absolute Gasteiger partial charge is 0.356 e. The van der Waals surface area contributed by atoms with Crippen LogP contribution in [-0.2, 0) is 11.2 Å². The van der Waals surface area contributed by atoms with Crippen molar-refractivity contribution in [3.63, 3.8) is 0 Å². The Kier molecular flexibility index (Phi) is 6.87. The fraction of sp³-hybridized carbons (Fsp3) is 0.353. The number of carbonyl (C=O) groups is 2. The van der Waals surface area contributed by atoms with Crippen molar-refractivity contribution < 1.29 is 14.0 Å². The van der Waals surface area contributed by atoms with E-state index in [-0.39, 0.29) is 18.2 Å². The van der Waals surface area contributed by atoms with Gasteiger partial charge in [0.2, 0.25) is 5.91 Å². The Labute approximate surface area is 144 Å². The van der Waals surface area contributed by atoms with Gasteiger partial charge < -0.3 is 5.32 Å². The second-order valence-electron chi connectivity index (χ2n) is 5.34. The number of carbonyl (C=O) groups excluding carboxylic acids is 2. The summed E-state index contributed by atoms with van der Waals surface area (Å²) in [7, 11) is 0. The molecule has 2 amide bonds. The molecule has 2 rings (SSSR count). The van der Waals surface area contributed by atoms with Crippen LogP contribution in [0.2, 0.25) is 0 Å². The molecule has 0 saturated heterocycles. The molecule has 1 aromatic heterocycles. The molecule has 0 aliphatic rings. The zero-order valence-corrected chi connectivity index (χ0v) is 14.3. The van der Waals surface area contributed by atoms with E-state index in [0.717, 1.165) is 19.3 Å². The van der Waals surface area contributed by atoms with Gasteiger partial charge >= 0.3 is 0 Å². The molecule has 0 saturated carbocycles. The lowest BCUT2D eigenvalue weighted by Gasteiger charge is -2.03. The fourth-order valence-corrected chi connectivity index (χ4v) is 2.75. The van der Waals surface area contributed by atoms with Gasteiger partial charge in [-0.15, -0.1) is 11.3 Å². The highest BCUT2D eigenvalue weighted by Crippen LogP contribution is 2.17. The van der Waals surface area contributed by atoms with Crippen molar-refractivity contribution >= 4 is 28.3 Å². The van der Waals surface area contributed by atoms with Crippen molar-refractivity contribution in [2.24, 2.45) is 0 Å². The maximum atomic E-state index is 12.9. The molecule has 0 aliphatic heterocycles. The molecule has 7 heteroatoms. The monoisotopic (exact) mass is 349 g/mol. The third-order valence-corrected chi connectivity index (χ3v) is 4.13. The van der Waals surface area contributed by atoms with Crippen LogP contribution in [0.15, 0.2) is 29.6 Å². The first-order chi connectivity index (χ1) is 11.6. The Bertz CT molecular complexity index is 685. The third kappa shape index (κ3) is 5.73. The predicted octanol–water partition coefficient (Wildman–Crippen LogP) is 3.38. The van der Waals surface area contributed by atoms with Crippen molar-refractivity contribution in [3.8, 4) is 0 Å². The van der Waals surface area contributed by atoms with E-state index in [1.807, 2.05) is 0 Å². The highest BCUT2D eigenvalue weighted by Gasteiger charge is 2.11. The quantitative estimate of drug-likeness (QED) is 0.718.